The van der Waals surface area contributed by atoms with Crippen molar-refractivity contribution in [3.05, 3.63) is 119 Å². The van der Waals surface area contributed by atoms with Crippen LogP contribution in [0.15, 0.2) is 114 Å². The molecule has 0 N–H and O–H groups in total. The Kier molecular flexibility index (Phi) is 5.90. The molecule has 5 heteroatoms. The summed E-state index contributed by atoms with van der Waals surface area (Å²) < 4.78 is 11.0. The molecule has 0 saturated carbocycles. The van der Waals surface area contributed by atoms with E-state index in [1.165, 1.54) is 7.11 Å². The molecule has 0 saturated heterocycles. The highest BCUT2D eigenvalue weighted by Gasteiger charge is 2.38. The van der Waals surface area contributed by atoms with E-state index in [0.717, 1.165) is 22.0 Å². The first-order valence-corrected chi connectivity index (χ1v) is 11.2. The number of nitrogens with zero attached hydrogens (tertiary/aromatic N) is 1. The number of ether oxygens (including phenoxy) is 2. The molecule has 0 bridgehead atoms. The van der Waals surface area contributed by atoms with Crippen LogP contribution in [0.1, 0.15) is 12.5 Å². The van der Waals surface area contributed by atoms with Gasteiger partial charge in [-0.1, -0.05) is 66.7 Å². The van der Waals surface area contributed by atoms with E-state index in [4.69, 9.17) is 9.47 Å². The third-order valence-electron chi connectivity index (χ3n) is 5.95. The molecule has 0 atom stereocenters. The molecule has 4 aromatic carbocycles. The number of hydrogen-bond acceptors (Lipinski definition) is 4. The van der Waals surface area contributed by atoms with E-state index in [-0.39, 0.29) is 17.1 Å². The summed E-state index contributed by atoms with van der Waals surface area (Å²) in [4.78, 5) is 28.1. The summed E-state index contributed by atoms with van der Waals surface area (Å²) in [6, 6.07) is 30.5. The molecular formula is C30H23NO4. The fourth-order valence-electron chi connectivity index (χ4n) is 4.33. The number of carbonyl (C=O) groups is 2. The highest BCUT2D eigenvalue weighted by molar-refractivity contribution is 6.25. The standard InChI is InChI=1S/C30H23NO4/c1-20-28(30(33)34-2)26(19-21-10-8-15-24(18-21)35-23-13-4-3-5-14-23)29(32)31(20)27-17-9-12-22-11-6-7-16-25(22)27/h3-19H,1-2H3/b26-19-. The first-order valence-electron chi connectivity index (χ1n) is 11.2. The van der Waals surface area contributed by atoms with E-state index < -0.39 is 5.97 Å². The number of carbonyl (C=O) groups excluding carboxylic acids is 2. The smallest absolute Gasteiger partial charge is 0.340 e. The summed E-state index contributed by atoms with van der Waals surface area (Å²) in [6.07, 6.45) is 1.71. The van der Waals surface area contributed by atoms with Crippen molar-refractivity contribution in [1.29, 1.82) is 0 Å². The normalized spacial score (nSPS) is 14.6. The van der Waals surface area contributed by atoms with Crippen LogP contribution in [-0.2, 0) is 14.3 Å². The zero-order chi connectivity index (χ0) is 24.4. The van der Waals surface area contributed by atoms with Crippen LogP contribution in [0.2, 0.25) is 0 Å². The zero-order valence-electron chi connectivity index (χ0n) is 19.4. The van der Waals surface area contributed by atoms with E-state index in [2.05, 4.69) is 0 Å². The van der Waals surface area contributed by atoms with Gasteiger partial charge in [0.15, 0.2) is 0 Å². The third kappa shape index (κ3) is 4.20. The first kappa shape index (κ1) is 22.2. The van der Waals surface area contributed by atoms with Crippen molar-refractivity contribution in [2.24, 2.45) is 0 Å². The Labute approximate surface area is 203 Å². The Balaban J connectivity index is 1.58. The van der Waals surface area contributed by atoms with Gasteiger partial charge >= 0.3 is 5.97 Å². The summed E-state index contributed by atoms with van der Waals surface area (Å²) in [5.41, 5.74) is 2.51. The van der Waals surface area contributed by atoms with Gasteiger partial charge in [0.1, 0.15) is 11.5 Å². The van der Waals surface area contributed by atoms with Crippen molar-refractivity contribution in [3.63, 3.8) is 0 Å². The number of allylic oxidation sites excluding steroid dienone is 1. The van der Waals surface area contributed by atoms with Crippen molar-refractivity contribution in [1.82, 2.24) is 0 Å². The van der Waals surface area contributed by atoms with Gasteiger partial charge in [-0.2, -0.15) is 0 Å². The molecule has 1 aliphatic rings. The van der Waals surface area contributed by atoms with Crippen molar-refractivity contribution in [2.75, 3.05) is 12.0 Å². The Morgan fingerprint density at radius 3 is 2.31 bits per heavy atom. The zero-order valence-corrected chi connectivity index (χ0v) is 19.4. The Hall–Kier alpha value is -4.64. The van der Waals surface area contributed by atoms with Crippen LogP contribution < -0.4 is 9.64 Å². The number of benzene rings is 4. The van der Waals surface area contributed by atoms with Crippen molar-refractivity contribution >= 4 is 34.4 Å². The van der Waals surface area contributed by atoms with Gasteiger partial charge in [0.25, 0.3) is 5.91 Å². The second kappa shape index (κ2) is 9.31. The number of methoxy groups -OCH3 is 1. The molecule has 0 spiro atoms. The van der Waals surface area contributed by atoms with Crippen LogP contribution in [0.4, 0.5) is 5.69 Å². The maximum atomic E-state index is 13.7. The van der Waals surface area contributed by atoms with Crippen LogP contribution in [0.3, 0.4) is 0 Å². The molecule has 0 unspecified atom stereocenters. The van der Waals surface area contributed by atoms with Crippen LogP contribution in [0.5, 0.6) is 11.5 Å². The van der Waals surface area contributed by atoms with Gasteiger partial charge < -0.3 is 9.47 Å². The van der Waals surface area contributed by atoms with Gasteiger partial charge in [0, 0.05) is 11.1 Å². The molecule has 1 heterocycles. The van der Waals surface area contributed by atoms with Gasteiger partial charge in [-0.15, -0.1) is 0 Å². The first-order chi connectivity index (χ1) is 17.1. The van der Waals surface area contributed by atoms with E-state index in [1.807, 2.05) is 97.1 Å². The lowest BCUT2D eigenvalue weighted by atomic mass is 10.0. The Morgan fingerprint density at radius 2 is 1.51 bits per heavy atom. The molecule has 172 valence electrons. The largest absolute Gasteiger partial charge is 0.465 e. The quantitative estimate of drug-likeness (QED) is 0.251. The highest BCUT2D eigenvalue weighted by atomic mass is 16.5. The number of para-hydroxylation sites is 1. The third-order valence-corrected chi connectivity index (χ3v) is 5.95. The molecule has 0 radical (unpaired) electrons. The Bertz CT molecular complexity index is 1500. The molecule has 0 aromatic heterocycles. The molecule has 0 fully saturated rings. The fourth-order valence-corrected chi connectivity index (χ4v) is 4.33. The number of anilines is 1. The minimum Gasteiger partial charge on any atom is -0.465 e. The lowest BCUT2D eigenvalue weighted by Crippen LogP contribution is -2.24. The van der Waals surface area contributed by atoms with Gasteiger partial charge in [-0.25, -0.2) is 4.79 Å². The fraction of sp³-hybridized carbons (Fsp3) is 0.0667. The monoisotopic (exact) mass is 461 g/mol. The minimum absolute atomic E-state index is 0.250. The molecule has 4 aromatic rings. The number of rotatable bonds is 5. The molecule has 5 nitrogen and oxygen atoms in total. The molecule has 5 rings (SSSR count). The molecule has 35 heavy (non-hydrogen) atoms. The second-order valence-corrected chi connectivity index (χ2v) is 8.14. The Morgan fingerprint density at radius 1 is 0.829 bits per heavy atom. The average molecular weight is 462 g/mol. The van der Waals surface area contributed by atoms with E-state index >= 15 is 0 Å². The van der Waals surface area contributed by atoms with E-state index in [1.54, 1.807) is 17.9 Å². The van der Waals surface area contributed by atoms with E-state index in [0.29, 0.717) is 17.2 Å². The summed E-state index contributed by atoms with van der Waals surface area (Å²) in [5.74, 6) is 0.500. The highest BCUT2D eigenvalue weighted by Crippen LogP contribution is 2.38. The number of amides is 1. The van der Waals surface area contributed by atoms with Crippen molar-refractivity contribution < 1.29 is 19.1 Å². The van der Waals surface area contributed by atoms with Crippen LogP contribution in [0.25, 0.3) is 16.8 Å². The maximum absolute atomic E-state index is 13.7. The van der Waals surface area contributed by atoms with Gasteiger partial charge in [0.2, 0.25) is 0 Å². The minimum atomic E-state index is -0.554. The number of fused-ring (bicyclic) bond motifs is 1. The summed E-state index contributed by atoms with van der Waals surface area (Å²) in [6.45, 7) is 1.77. The van der Waals surface area contributed by atoms with Gasteiger partial charge in [0.05, 0.1) is 23.9 Å². The van der Waals surface area contributed by atoms with E-state index in [9.17, 15) is 9.59 Å². The number of hydrogen-bond donors (Lipinski definition) is 0. The molecule has 1 amide bonds. The van der Waals surface area contributed by atoms with Crippen LogP contribution in [-0.4, -0.2) is 19.0 Å². The number of esters is 1. The predicted molar refractivity (Wildman–Crippen MR) is 137 cm³/mol. The average Bonchev–Trinajstić information content (AvgIpc) is 3.13. The maximum Gasteiger partial charge on any atom is 0.340 e. The molecule has 1 aliphatic heterocycles. The second-order valence-electron chi connectivity index (χ2n) is 8.14. The van der Waals surface area contributed by atoms with Gasteiger partial charge in [-0.05, 0) is 54.3 Å². The van der Waals surface area contributed by atoms with Crippen molar-refractivity contribution in [2.45, 2.75) is 6.92 Å². The van der Waals surface area contributed by atoms with Gasteiger partial charge in [-0.3, -0.25) is 9.69 Å². The van der Waals surface area contributed by atoms with Crippen LogP contribution in [0, 0.1) is 0 Å². The predicted octanol–water partition coefficient (Wildman–Crippen LogP) is 6.51. The lowest BCUT2D eigenvalue weighted by Gasteiger charge is -2.20. The summed E-state index contributed by atoms with van der Waals surface area (Å²) in [7, 11) is 1.32. The SMILES string of the molecule is COC(=O)C1=C(C)N(c2cccc3ccccc23)C(=O)/C1=C\c1cccc(Oc2ccccc2)c1. The summed E-state index contributed by atoms with van der Waals surface area (Å²) >= 11 is 0. The lowest BCUT2D eigenvalue weighted by molar-refractivity contribution is -0.136. The molecular weight excluding hydrogens is 438 g/mol. The topological polar surface area (TPSA) is 55.8 Å². The molecule has 0 aliphatic carbocycles. The summed E-state index contributed by atoms with van der Waals surface area (Å²) in [5, 5.41) is 1.93. The van der Waals surface area contributed by atoms with Crippen LogP contribution >= 0.6 is 0 Å². The van der Waals surface area contributed by atoms with Crippen molar-refractivity contribution in [3.8, 4) is 11.5 Å².